The van der Waals surface area contributed by atoms with E-state index in [-0.39, 0.29) is 14.9 Å². The zero-order valence-electron chi connectivity index (χ0n) is 22.4. The molecule has 0 saturated carbocycles. The molecule has 39 heavy (non-hydrogen) atoms. The molecule has 1 fully saturated rings. The SMILES string of the molecule is CCNC(=O)Nc1cn2c(-n3cccn3)cc(-c3cnc(N4CCC(CC)(C(=O)OCC)CC4)nc3)cc2n1.[HH].[HH]. The molecule has 12 heteroatoms. The number of nitrogens with one attached hydrogen (secondary N) is 2. The molecule has 5 heterocycles. The van der Waals surface area contributed by atoms with E-state index in [1.807, 2.05) is 49.6 Å². The van der Waals surface area contributed by atoms with Crippen molar-refractivity contribution in [2.75, 3.05) is 36.5 Å². The summed E-state index contributed by atoms with van der Waals surface area (Å²) < 4.78 is 8.96. The van der Waals surface area contributed by atoms with E-state index in [4.69, 9.17) is 4.74 Å². The van der Waals surface area contributed by atoms with Crippen LogP contribution in [0, 0.1) is 5.41 Å². The summed E-state index contributed by atoms with van der Waals surface area (Å²) in [5.74, 6) is 1.71. The largest absolute Gasteiger partial charge is 0.466 e. The molecule has 5 rings (SSSR count). The van der Waals surface area contributed by atoms with Crippen molar-refractivity contribution >= 4 is 29.4 Å². The highest BCUT2D eigenvalue weighted by atomic mass is 16.5. The summed E-state index contributed by atoms with van der Waals surface area (Å²) in [7, 11) is 0. The molecule has 0 aliphatic carbocycles. The van der Waals surface area contributed by atoms with Gasteiger partial charge in [-0.15, -0.1) is 0 Å². The van der Waals surface area contributed by atoms with Crippen LogP contribution >= 0.6 is 0 Å². The first-order valence-electron chi connectivity index (χ1n) is 13.3. The maximum absolute atomic E-state index is 12.6. The highest BCUT2D eigenvalue weighted by Crippen LogP contribution is 2.37. The van der Waals surface area contributed by atoms with Crippen LogP contribution in [0.3, 0.4) is 0 Å². The molecular weight excluding hydrogens is 498 g/mol. The molecule has 4 aromatic rings. The van der Waals surface area contributed by atoms with E-state index >= 15 is 0 Å². The van der Waals surface area contributed by atoms with Gasteiger partial charge in [-0.2, -0.15) is 5.10 Å². The van der Waals surface area contributed by atoms with Gasteiger partial charge in [0.1, 0.15) is 11.5 Å². The van der Waals surface area contributed by atoms with E-state index in [2.05, 4.69) is 35.6 Å². The second kappa shape index (κ2) is 11.1. The van der Waals surface area contributed by atoms with Gasteiger partial charge in [0.25, 0.3) is 0 Å². The fourth-order valence-electron chi connectivity index (χ4n) is 4.95. The number of fused-ring (bicyclic) bond motifs is 1. The Morgan fingerprint density at radius 1 is 1.10 bits per heavy atom. The average Bonchev–Trinajstić information content (AvgIpc) is 3.63. The molecule has 208 valence electrons. The first-order chi connectivity index (χ1) is 19.0. The van der Waals surface area contributed by atoms with Gasteiger partial charge in [-0.05, 0) is 56.9 Å². The highest BCUT2D eigenvalue weighted by Gasteiger charge is 2.41. The highest BCUT2D eigenvalue weighted by molar-refractivity contribution is 5.88. The minimum Gasteiger partial charge on any atom is -0.466 e. The fraction of sp³-hybridized carbons (Fsp3) is 0.407. The lowest BCUT2D eigenvalue weighted by Crippen LogP contribution is -2.45. The van der Waals surface area contributed by atoms with Crippen LogP contribution in [0.2, 0.25) is 0 Å². The van der Waals surface area contributed by atoms with Crippen LogP contribution in [0.5, 0.6) is 0 Å². The van der Waals surface area contributed by atoms with E-state index in [0.717, 1.165) is 23.4 Å². The lowest BCUT2D eigenvalue weighted by atomic mass is 9.76. The minimum absolute atomic E-state index is 0. The molecule has 0 unspecified atom stereocenters. The summed E-state index contributed by atoms with van der Waals surface area (Å²) in [6.07, 6.45) is 11.1. The molecule has 2 amide bonds. The number of urea groups is 1. The van der Waals surface area contributed by atoms with Gasteiger partial charge >= 0.3 is 12.0 Å². The number of piperidine rings is 1. The number of imidazole rings is 1. The van der Waals surface area contributed by atoms with Crippen molar-refractivity contribution in [3.05, 3.63) is 49.2 Å². The van der Waals surface area contributed by atoms with Crippen LogP contribution in [0.25, 0.3) is 22.6 Å². The van der Waals surface area contributed by atoms with Crippen molar-refractivity contribution in [2.24, 2.45) is 5.41 Å². The lowest BCUT2D eigenvalue weighted by Gasteiger charge is -2.39. The molecule has 0 radical (unpaired) electrons. The van der Waals surface area contributed by atoms with Crippen LogP contribution in [0.15, 0.2) is 49.2 Å². The third-order valence-electron chi connectivity index (χ3n) is 7.23. The number of carbonyl (C=O) groups excluding carboxylic acids is 2. The van der Waals surface area contributed by atoms with E-state index in [1.165, 1.54) is 0 Å². The second-order valence-electron chi connectivity index (χ2n) is 9.50. The second-order valence-corrected chi connectivity index (χ2v) is 9.50. The summed E-state index contributed by atoms with van der Waals surface area (Å²) in [5.41, 5.74) is 1.89. The van der Waals surface area contributed by atoms with E-state index in [0.29, 0.717) is 56.5 Å². The summed E-state index contributed by atoms with van der Waals surface area (Å²) in [6.45, 7) is 8.04. The standard InChI is InChI=1S/C27H33N9O3.2H2/c1-4-27(24(37)39-6-3)8-12-34(13-9-27)25-29-16-20(17-30-25)19-14-22-32-21(33-26(38)28-5-2)18-35(22)23(15-19)36-11-7-10-31-36;;/h7,10-11,14-18H,4-6,8-9,12-13H2,1-3H3,(H2,28,33,38);2*1H. The van der Waals surface area contributed by atoms with Gasteiger partial charge in [0.15, 0.2) is 5.82 Å². The quantitative estimate of drug-likeness (QED) is 0.321. The molecule has 1 aliphatic heterocycles. The molecular formula is C27H37N9O3. The zero-order valence-corrected chi connectivity index (χ0v) is 22.4. The van der Waals surface area contributed by atoms with Gasteiger partial charge in [-0.1, -0.05) is 6.92 Å². The Bertz CT molecular complexity index is 1450. The Labute approximate surface area is 229 Å². The maximum Gasteiger partial charge on any atom is 0.320 e. The summed E-state index contributed by atoms with van der Waals surface area (Å²) >= 11 is 0. The molecule has 1 saturated heterocycles. The molecule has 0 aromatic carbocycles. The number of anilines is 2. The Kier molecular flexibility index (Phi) is 7.44. The smallest absolute Gasteiger partial charge is 0.320 e. The fourth-order valence-corrected chi connectivity index (χ4v) is 4.95. The summed E-state index contributed by atoms with van der Waals surface area (Å²) in [4.78, 5) is 40.6. The van der Waals surface area contributed by atoms with E-state index in [9.17, 15) is 9.59 Å². The van der Waals surface area contributed by atoms with Crippen LogP contribution in [-0.2, 0) is 9.53 Å². The number of hydrogen-bond acceptors (Lipinski definition) is 8. The van der Waals surface area contributed by atoms with Gasteiger partial charge in [0.05, 0.1) is 18.2 Å². The van der Waals surface area contributed by atoms with Crippen molar-refractivity contribution in [2.45, 2.75) is 40.0 Å². The average molecular weight is 536 g/mol. The number of esters is 1. The minimum atomic E-state index is -0.431. The van der Waals surface area contributed by atoms with Crippen LogP contribution in [-0.4, -0.2) is 67.4 Å². The summed E-state index contributed by atoms with van der Waals surface area (Å²) in [6, 6.07) is 5.42. The van der Waals surface area contributed by atoms with Gasteiger partial charge in [-0.25, -0.2) is 24.4 Å². The van der Waals surface area contributed by atoms with Crippen LogP contribution < -0.4 is 15.5 Å². The Morgan fingerprint density at radius 2 is 1.87 bits per heavy atom. The Morgan fingerprint density at radius 3 is 2.51 bits per heavy atom. The number of amides is 2. The Hall–Kier alpha value is -4.48. The van der Waals surface area contributed by atoms with E-state index < -0.39 is 5.41 Å². The van der Waals surface area contributed by atoms with Crippen molar-refractivity contribution in [3.8, 4) is 16.9 Å². The lowest BCUT2D eigenvalue weighted by molar-refractivity contribution is -0.157. The van der Waals surface area contributed by atoms with Crippen molar-refractivity contribution in [3.63, 3.8) is 0 Å². The predicted molar refractivity (Wildman–Crippen MR) is 151 cm³/mol. The third kappa shape index (κ3) is 5.27. The molecule has 12 nitrogen and oxygen atoms in total. The molecule has 2 N–H and O–H groups in total. The van der Waals surface area contributed by atoms with Crippen molar-refractivity contribution < 1.29 is 17.2 Å². The molecule has 0 spiro atoms. The molecule has 0 bridgehead atoms. The van der Waals surface area contributed by atoms with Crippen molar-refractivity contribution in [1.82, 2.24) is 34.4 Å². The number of hydrogen-bond donors (Lipinski definition) is 2. The van der Waals surface area contributed by atoms with Crippen LogP contribution in [0.1, 0.15) is 42.9 Å². The van der Waals surface area contributed by atoms with Crippen LogP contribution in [0.4, 0.5) is 16.6 Å². The van der Waals surface area contributed by atoms with Gasteiger partial charge in [0.2, 0.25) is 5.95 Å². The number of carbonyl (C=O) groups is 2. The number of pyridine rings is 1. The van der Waals surface area contributed by atoms with Crippen molar-refractivity contribution in [1.29, 1.82) is 0 Å². The maximum atomic E-state index is 12.6. The predicted octanol–water partition coefficient (Wildman–Crippen LogP) is 4.17. The first kappa shape index (κ1) is 26.1. The van der Waals surface area contributed by atoms with Gasteiger partial charge < -0.3 is 15.0 Å². The molecule has 1 aliphatic rings. The summed E-state index contributed by atoms with van der Waals surface area (Å²) in [5, 5.41) is 9.86. The Balaban J connectivity index is 0.00000231. The monoisotopic (exact) mass is 535 g/mol. The normalized spacial score (nSPS) is 14.8. The number of nitrogens with zero attached hydrogens (tertiary/aromatic N) is 7. The van der Waals surface area contributed by atoms with Gasteiger partial charge in [0, 0.05) is 52.8 Å². The zero-order chi connectivity index (χ0) is 27.4. The third-order valence-corrected chi connectivity index (χ3v) is 7.23. The molecule has 0 atom stereocenters. The number of rotatable bonds is 8. The number of ether oxygens (including phenoxy) is 1. The topological polar surface area (TPSA) is 132 Å². The number of aromatic nitrogens is 6. The first-order valence-corrected chi connectivity index (χ1v) is 13.3. The molecule has 4 aromatic heterocycles. The van der Waals surface area contributed by atoms with Gasteiger partial charge in [-0.3, -0.25) is 14.5 Å². The van der Waals surface area contributed by atoms with E-state index in [1.54, 1.807) is 29.5 Å².